The Kier molecular flexibility index (Phi) is 2.99. The van der Waals surface area contributed by atoms with Crippen molar-refractivity contribution >= 4 is 22.7 Å². The first kappa shape index (κ1) is 11.9. The van der Waals surface area contributed by atoms with Gasteiger partial charge in [0.2, 0.25) is 0 Å². The highest BCUT2D eigenvalue weighted by Crippen LogP contribution is 2.39. The minimum atomic E-state index is -0.439. The van der Waals surface area contributed by atoms with Gasteiger partial charge in [-0.25, -0.2) is 4.98 Å². The van der Waals surface area contributed by atoms with Gasteiger partial charge in [0, 0.05) is 24.7 Å². The molecule has 5 heteroatoms. The first-order valence-electron chi connectivity index (χ1n) is 6.18. The van der Waals surface area contributed by atoms with Crippen molar-refractivity contribution in [1.82, 2.24) is 4.98 Å². The van der Waals surface area contributed by atoms with Gasteiger partial charge in [0.15, 0.2) is 0 Å². The summed E-state index contributed by atoms with van der Waals surface area (Å²) >= 11 is 5.60. The van der Waals surface area contributed by atoms with Gasteiger partial charge in [0.25, 0.3) is 5.24 Å². The highest BCUT2D eigenvalue weighted by molar-refractivity contribution is 6.68. The van der Waals surface area contributed by atoms with E-state index in [1.807, 2.05) is 0 Å². The van der Waals surface area contributed by atoms with Crippen LogP contribution in [0.3, 0.4) is 0 Å². The third kappa shape index (κ3) is 1.99. The molecule has 2 aliphatic heterocycles. The molecule has 18 heavy (non-hydrogen) atoms. The Morgan fingerprint density at radius 1 is 1.39 bits per heavy atom. The number of ether oxygens (including phenoxy) is 1. The molecule has 4 nitrogen and oxygen atoms in total. The minimum Gasteiger partial charge on any atom is -0.380 e. The summed E-state index contributed by atoms with van der Waals surface area (Å²) in [4.78, 5) is 17.8. The van der Waals surface area contributed by atoms with Gasteiger partial charge in [0.1, 0.15) is 5.82 Å². The number of carbonyl (C=O) groups is 1. The van der Waals surface area contributed by atoms with Gasteiger partial charge in [-0.3, -0.25) is 4.79 Å². The lowest BCUT2D eigenvalue weighted by Gasteiger charge is -2.47. The predicted octanol–water partition coefficient (Wildman–Crippen LogP) is 2.08. The Labute approximate surface area is 111 Å². The number of piperidine rings is 1. The number of carbonyl (C=O) groups excluding carboxylic acids is 1. The van der Waals surface area contributed by atoms with Crippen molar-refractivity contribution in [3.63, 3.8) is 0 Å². The van der Waals surface area contributed by atoms with Gasteiger partial charge in [0.05, 0.1) is 18.8 Å². The molecule has 1 aromatic rings. The lowest BCUT2D eigenvalue weighted by atomic mass is 9.77. The molecular formula is C13H15ClN2O2. The molecule has 2 fully saturated rings. The van der Waals surface area contributed by atoms with Crippen LogP contribution in [-0.4, -0.2) is 36.5 Å². The molecule has 3 heterocycles. The summed E-state index contributed by atoms with van der Waals surface area (Å²) in [6.45, 7) is 3.59. The van der Waals surface area contributed by atoms with Gasteiger partial charge in [-0.15, -0.1) is 0 Å². The molecule has 0 N–H and O–H groups in total. The normalized spacial score (nSPS) is 21.7. The van der Waals surface area contributed by atoms with E-state index in [1.54, 1.807) is 18.3 Å². The average molecular weight is 267 g/mol. The number of rotatable bonds is 2. The fraction of sp³-hybridized carbons (Fsp3) is 0.538. The van der Waals surface area contributed by atoms with E-state index in [-0.39, 0.29) is 0 Å². The summed E-state index contributed by atoms with van der Waals surface area (Å²) in [6, 6.07) is 3.47. The van der Waals surface area contributed by atoms with Crippen molar-refractivity contribution < 1.29 is 9.53 Å². The van der Waals surface area contributed by atoms with Crippen LogP contribution in [0.2, 0.25) is 0 Å². The summed E-state index contributed by atoms with van der Waals surface area (Å²) in [5.41, 5.74) is 0.885. The molecule has 0 atom stereocenters. The smallest absolute Gasteiger partial charge is 0.256 e. The Morgan fingerprint density at radius 3 is 2.67 bits per heavy atom. The number of hydrogen-bond acceptors (Lipinski definition) is 4. The zero-order valence-electron chi connectivity index (χ0n) is 10.1. The zero-order valence-corrected chi connectivity index (χ0v) is 10.8. The van der Waals surface area contributed by atoms with Gasteiger partial charge in [-0.05, 0) is 36.6 Å². The maximum Gasteiger partial charge on any atom is 0.256 e. The lowest BCUT2D eigenvalue weighted by molar-refractivity contribution is -0.124. The number of aromatic nitrogens is 1. The summed E-state index contributed by atoms with van der Waals surface area (Å²) in [7, 11) is 0. The van der Waals surface area contributed by atoms with Crippen molar-refractivity contribution in [3.05, 3.63) is 23.9 Å². The molecule has 2 aliphatic rings. The van der Waals surface area contributed by atoms with Crippen LogP contribution in [0.25, 0.3) is 0 Å². The summed E-state index contributed by atoms with van der Waals surface area (Å²) in [6.07, 6.45) is 3.90. The molecule has 1 spiro atoms. The Morgan fingerprint density at radius 2 is 2.11 bits per heavy atom. The number of pyridine rings is 1. The lowest BCUT2D eigenvalue weighted by Crippen LogP contribution is -2.51. The van der Waals surface area contributed by atoms with Gasteiger partial charge in [-0.2, -0.15) is 0 Å². The second-order valence-corrected chi connectivity index (χ2v) is 5.47. The fourth-order valence-corrected chi connectivity index (χ4v) is 2.82. The largest absolute Gasteiger partial charge is 0.380 e. The van der Waals surface area contributed by atoms with Crippen LogP contribution in [0, 0.1) is 5.41 Å². The maximum atomic E-state index is 11.4. The Balaban J connectivity index is 1.78. The van der Waals surface area contributed by atoms with E-state index >= 15 is 0 Å². The number of halogens is 1. The van der Waals surface area contributed by atoms with Crippen molar-refractivity contribution in [3.8, 4) is 0 Å². The molecular weight excluding hydrogens is 252 g/mol. The standard InChI is InChI=1S/C13H15ClN2O2/c14-11(17)10-2-1-5-15-12(10)16-6-3-13(4-7-16)8-18-9-13/h1-2,5H,3-4,6-9H2. The SMILES string of the molecule is O=C(Cl)c1cccnc1N1CCC2(CC1)COC2. The van der Waals surface area contributed by atoms with Crippen LogP contribution in [0.15, 0.2) is 18.3 Å². The van der Waals surface area contributed by atoms with E-state index in [0.717, 1.165) is 39.1 Å². The van der Waals surface area contributed by atoms with E-state index in [4.69, 9.17) is 16.3 Å². The molecule has 0 aliphatic carbocycles. The van der Waals surface area contributed by atoms with Crippen LogP contribution >= 0.6 is 11.6 Å². The van der Waals surface area contributed by atoms with Gasteiger partial charge >= 0.3 is 0 Å². The number of nitrogens with zero attached hydrogens (tertiary/aromatic N) is 2. The Bertz CT molecular complexity index is 464. The fourth-order valence-electron chi connectivity index (χ4n) is 2.67. The van der Waals surface area contributed by atoms with Gasteiger partial charge in [-0.1, -0.05) is 0 Å². The first-order chi connectivity index (χ1) is 8.70. The third-order valence-electron chi connectivity index (χ3n) is 3.94. The van der Waals surface area contributed by atoms with E-state index in [9.17, 15) is 4.79 Å². The summed E-state index contributed by atoms with van der Waals surface area (Å²) < 4.78 is 5.31. The monoisotopic (exact) mass is 266 g/mol. The first-order valence-corrected chi connectivity index (χ1v) is 6.56. The van der Waals surface area contributed by atoms with Crippen molar-refractivity contribution in [2.45, 2.75) is 12.8 Å². The van der Waals surface area contributed by atoms with Crippen LogP contribution in [0.4, 0.5) is 5.82 Å². The molecule has 0 aromatic carbocycles. The number of hydrogen-bond donors (Lipinski definition) is 0. The van der Waals surface area contributed by atoms with E-state index < -0.39 is 5.24 Å². The van der Waals surface area contributed by atoms with Crippen LogP contribution in [-0.2, 0) is 4.74 Å². The molecule has 0 saturated carbocycles. The quantitative estimate of drug-likeness (QED) is 0.769. The second-order valence-electron chi connectivity index (χ2n) is 5.13. The molecule has 96 valence electrons. The van der Waals surface area contributed by atoms with Crippen LogP contribution in [0.5, 0.6) is 0 Å². The molecule has 3 rings (SSSR count). The Hall–Kier alpha value is -1.13. The molecule has 1 aromatic heterocycles. The zero-order chi connectivity index (χ0) is 12.6. The molecule has 0 bridgehead atoms. The predicted molar refractivity (Wildman–Crippen MR) is 69.1 cm³/mol. The minimum absolute atomic E-state index is 0.385. The molecule has 0 unspecified atom stereocenters. The molecule has 0 amide bonds. The highest BCUT2D eigenvalue weighted by Gasteiger charge is 2.41. The topological polar surface area (TPSA) is 42.4 Å². The maximum absolute atomic E-state index is 11.4. The van der Waals surface area contributed by atoms with E-state index in [0.29, 0.717) is 16.8 Å². The third-order valence-corrected chi connectivity index (χ3v) is 4.14. The summed E-state index contributed by atoms with van der Waals surface area (Å²) in [5, 5.41) is -0.439. The van der Waals surface area contributed by atoms with E-state index in [2.05, 4.69) is 9.88 Å². The molecule has 0 radical (unpaired) electrons. The van der Waals surface area contributed by atoms with Crippen LogP contribution in [0.1, 0.15) is 23.2 Å². The van der Waals surface area contributed by atoms with Crippen molar-refractivity contribution in [1.29, 1.82) is 0 Å². The van der Waals surface area contributed by atoms with E-state index in [1.165, 1.54) is 0 Å². The average Bonchev–Trinajstić information content (AvgIpc) is 2.37. The van der Waals surface area contributed by atoms with Crippen LogP contribution < -0.4 is 4.90 Å². The second kappa shape index (κ2) is 4.52. The van der Waals surface area contributed by atoms with Crippen molar-refractivity contribution in [2.75, 3.05) is 31.2 Å². The van der Waals surface area contributed by atoms with Crippen molar-refractivity contribution in [2.24, 2.45) is 5.41 Å². The highest BCUT2D eigenvalue weighted by atomic mass is 35.5. The van der Waals surface area contributed by atoms with Gasteiger partial charge < -0.3 is 9.64 Å². The summed E-state index contributed by atoms with van der Waals surface area (Å²) in [5.74, 6) is 0.715. The molecule has 2 saturated heterocycles. The number of anilines is 1.